The van der Waals surface area contributed by atoms with Gasteiger partial charge in [-0.3, -0.25) is 0 Å². The Balaban J connectivity index is 2.07. The van der Waals surface area contributed by atoms with Crippen molar-refractivity contribution in [2.24, 2.45) is 7.05 Å². The lowest BCUT2D eigenvalue weighted by molar-refractivity contribution is 0.338. The molecule has 0 N–H and O–H groups in total. The van der Waals surface area contributed by atoms with E-state index in [-0.39, 0.29) is 5.92 Å². The number of ether oxygens (including phenoxy) is 1. The topological polar surface area (TPSA) is 39.9 Å². The quantitative estimate of drug-likeness (QED) is 0.806. The van der Waals surface area contributed by atoms with Crippen LogP contribution in [0.25, 0.3) is 0 Å². The smallest absolute Gasteiger partial charge is 0.144 e. The van der Waals surface area contributed by atoms with Gasteiger partial charge in [0.2, 0.25) is 0 Å². The predicted molar refractivity (Wildman–Crippen MR) is 60.4 cm³/mol. The third-order valence-electron chi connectivity index (χ3n) is 2.47. The summed E-state index contributed by atoms with van der Waals surface area (Å²) in [7, 11) is 1.95. The van der Waals surface area contributed by atoms with Crippen LogP contribution in [-0.4, -0.2) is 21.4 Å². The summed E-state index contributed by atoms with van der Waals surface area (Å²) in [4.78, 5) is 1.23. The van der Waals surface area contributed by atoms with Crippen molar-refractivity contribution in [1.82, 2.24) is 14.8 Å². The minimum absolute atomic E-state index is 0.226. The van der Waals surface area contributed by atoms with E-state index in [2.05, 4.69) is 26.1 Å². The third-order valence-corrected chi connectivity index (χ3v) is 4.21. The number of thiophene rings is 1. The molecule has 15 heavy (non-hydrogen) atoms. The van der Waals surface area contributed by atoms with Crippen LogP contribution in [0, 0.1) is 0 Å². The predicted octanol–water partition coefficient (Wildman–Crippen LogP) is 2.16. The molecule has 1 unspecified atom stereocenters. The maximum Gasteiger partial charge on any atom is 0.144 e. The first-order valence-corrected chi connectivity index (χ1v) is 6.12. The van der Waals surface area contributed by atoms with Gasteiger partial charge >= 0.3 is 0 Å². The number of aryl methyl sites for hydroxylation is 1. The van der Waals surface area contributed by atoms with E-state index in [0.29, 0.717) is 6.61 Å². The zero-order valence-electron chi connectivity index (χ0n) is 7.98. The highest BCUT2D eigenvalue weighted by Gasteiger charge is 2.31. The van der Waals surface area contributed by atoms with Crippen molar-refractivity contribution in [1.29, 1.82) is 0 Å². The van der Waals surface area contributed by atoms with Gasteiger partial charge in [-0.05, 0) is 15.9 Å². The Morgan fingerprint density at radius 2 is 2.53 bits per heavy atom. The molecule has 0 amide bonds. The molecule has 1 aliphatic rings. The Morgan fingerprint density at radius 3 is 3.27 bits per heavy atom. The van der Waals surface area contributed by atoms with Crippen LogP contribution in [0.3, 0.4) is 0 Å². The maximum atomic E-state index is 5.61. The monoisotopic (exact) mass is 285 g/mol. The molecule has 0 aromatic carbocycles. The highest BCUT2D eigenvalue weighted by Crippen LogP contribution is 2.44. The van der Waals surface area contributed by atoms with Crippen LogP contribution in [0.4, 0.5) is 0 Å². The maximum absolute atomic E-state index is 5.61. The molecule has 6 heteroatoms. The highest BCUT2D eigenvalue weighted by molar-refractivity contribution is 9.11. The molecule has 1 atom stereocenters. The standard InChI is InChI=1S/C9H8BrN3OS/c1-13-4-11-12-9(13)5-3-14-6-2-7(10)15-8(5)6/h2,4-5H,3H2,1H3. The van der Waals surface area contributed by atoms with E-state index in [0.717, 1.165) is 15.4 Å². The lowest BCUT2D eigenvalue weighted by Gasteiger charge is -2.05. The zero-order valence-corrected chi connectivity index (χ0v) is 10.4. The molecular formula is C9H8BrN3OS. The fourth-order valence-corrected chi connectivity index (χ4v) is 3.40. The summed E-state index contributed by atoms with van der Waals surface area (Å²) in [5.74, 6) is 2.16. The molecule has 2 aromatic heterocycles. The summed E-state index contributed by atoms with van der Waals surface area (Å²) >= 11 is 5.17. The largest absolute Gasteiger partial charge is 0.491 e. The zero-order chi connectivity index (χ0) is 10.4. The van der Waals surface area contributed by atoms with Gasteiger partial charge in [0.05, 0.1) is 14.6 Å². The van der Waals surface area contributed by atoms with Crippen LogP contribution < -0.4 is 4.74 Å². The first-order chi connectivity index (χ1) is 7.25. The summed E-state index contributed by atoms with van der Waals surface area (Å²) in [6.07, 6.45) is 1.72. The minimum Gasteiger partial charge on any atom is -0.491 e. The molecule has 2 aromatic rings. The van der Waals surface area contributed by atoms with E-state index in [1.807, 2.05) is 17.7 Å². The first kappa shape index (κ1) is 9.35. The average Bonchev–Trinajstić information content (AvgIpc) is 2.81. The van der Waals surface area contributed by atoms with Crippen molar-refractivity contribution in [2.75, 3.05) is 6.61 Å². The summed E-state index contributed by atoms with van der Waals surface area (Å²) in [6.45, 7) is 0.668. The fraction of sp³-hybridized carbons (Fsp3) is 0.333. The van der Waals surface area contributed by atoms with Gasteiger partial charge in [-0.2, -0.15) is 0 Å². The van der Waals surface area contributed by atoms with E-state index >= 15 is 0 Å². The molecular weight excluding hydrogens is 278 g/mol. The molecule has 0 aliphatic carbocycles. The summed E-state index contributed by atoms with van der Waals surface area (Å²) < 4.78 is 8.65. The second kappa shape index (κ2) is 3.31. The summed E-state index contributed by atoms with van der Waals surface area (Å²) in [5, 5.41) is 8.03. The van der Waals surface area contributed by atoms with Gasteiger partial charge in [0.15, 0.2) is 0 Å². The van der Waals surface area contributed by atoms with Gasteiger partial charge in [0.1, 0.15) is 24.5 Å². The SMILES string of the molecule is Cn1cnnc1C1COc2cc(Br)sc21. The molecule has 78 valence electrons. The van der Waals surface area contributed by atoms with Gasteiger partial charge in [0.25, 0.3) is 0 Å². The number of rotatable bonds is 1. The van der Waals surface area contributed by atoms with Crippen LogP contribution in [0.2, 0.25) is 0 Å². The molecule has 0 spiro atoms. The van der Waals surface area contributed by atoms with Gasteiger partial charge in [0, 0.05) is 13.1 Å². The number of nitrogens with zero attached hydrogens (tertiary/aromatic N) is 3. The van der Waals surface area contributed by atoms with Crippen molar-refractivity contribution < 1.29 is 4.74 Å². The molecule has 0 radical (unpaired) electrons. The number of halogens is 1. The molecule has 4 nitrogen and oxygen atoms in total. The average molecular weight is 286 g/mol. The molecule has 3 heterocycles. The van der Waals surface area contributed by atoms with Crippen LogP contribution >= 0.6 is 27.3 Å². The van der Waals surface area contributed by atoms with Crippen molar-refractivity contribution in [3.8, 4) is 5.75 Å². The molecule has 0 bridgehead atoms. The van der Waals surface area contributed by atoms with Crippen LogP contribution in [0.15, 0.2) is 16.2 Å². The molecule has 1 aliphatic heterocycles. The van der Waals surface area contributed by atoms with E-state index in [4.69, 9.17) is 4.74 Å². The van der Waals surface area contributed by atoms with Gasteiger partial charge in [-0.25, -0.2) is 0 Å². The normalized spacial score (nSPS) is 18.9. The van der Waals surface area contributed by atoms with Crippen LogP contribution in [0.1, 0.15) is 16.6 Å². The number of fused-ring (bicyclic) bond motifs is 1. The van der Waals surface area contributed by atoms with E-state index in [1.165, 1.54) is 4.88 Å². The first-order valence-electron chi connectivity index (χ1n) is 4.51. The van der Waals surface area contributed by atoms with Crippen LogP contribution in [0.5, 0.6) is 5.75 Å². The third kappa shape index (κ3) is 1.39. The van der Waals surface area contributed by atoms with Gasteiger partial charge in [-0.15, -0.1) is 21.5 Å². The van der Waals surface area contributed by atoms with Crippen molar-refractivity contribution in [3.63, 3.8) is 0 Å². The van der Waals surface area contributed by atoms with Crippen molar-refractivity contribution >= 4 is 27.3 Å². The minimum atomic E-state index is 0.226. The summed E-state index contributed by atoms with van der Waals surface area (Å²) in [6, 6.07) is 2.01. The van der Waals surface area contributed by atoms with Crippen LogP contribution in [-0.2, 0) is 7.05 Å². The Kier molecular flexibility index (Phi) is 2.07. The lowest BCUT2D eigenvalue weighted by atomic mass is 10.1. The molecule has 0 fully saturated rings. The summed E-state index contributed by atoms with van der Waals surface area (Å²) in [5.41, 5.74) is 0. The Morgan fingerprint density at radius 1 is 1.67 bits per heavy atom. The highest BCUT2D eigenvalue weighted by atomic mass is 79.9. The second-order valence-corrected chi connectivity index (χ2v) is 5.91. The molecule has 0 saturated heterocycles. The van der Waals surface area contributed by atoms with E-state index < -0.39 is 0 Å². The Hall–Kier alpha value is -0.880. The van der Waals surface area contributed by atoms with Gasteiger partial charge < -0.3 is 9.30 Å². The fourth-order valence-electron chi connectivity index (χ4n) is 1.76. The second-order valence-electron chi connectivity index (χ2n) is 3.44. The Bertz CT molecular complexity index is 507. The van der Waals surface area contributed by atoms with E-state index in [9.17, 15) is 0 Å². The molecule has 0 saturated carbocycles. The number of aromatic nitrogens is 3. The number of hydrogen-bond donors (Lipinski definition) is 0. The van der Waals surface area contributed by atoms with Crippen molar-refractivity contribution in [3.05, 3.63) is 26.9 Å². The molecule has 3 rings (SSSR count). The Labute approximate surface area is 99.0 Å². The van der Waals surface area contributed by atoms with Gasteiger partial charge in [-0.1, -0.05) is 0 Å². The lowest BCUT2D eigenvalue weighted by Crippen LogP contribution is -2.08. The van der Waals surface area contributed by atoms with Crippen molar-refractivity contribution in [2.45, 2.75) is 5.92 Å². The van der Waals surface area contributed by atoms with E-state index in [1.54, 1.807) is 17.7 Å². The number of hydrogen-bond acceptors (Lipinski definition) is 4.